The molecule has 0 radical (unpaired) electrons. The summed E-state index contributed by atoms with van der Waals surface area (Å²) in [6.45, 7) is 3.91. The zero-order chi connectivity index (χ0) is 15.8. The SMILES string of the molecule is OCCOCCN1CCC[C@H](CCc2c(F)cccc2F)C1. The van der Waals surface area contributed by atoms with E-state index in [1.807, 2.05) is 0 Å². The van der Waals surface area contributed by atoms with Gasteiger partial charge in [-0.2, -0.15) is 0 Å². The first-order chi connectivity index (χ1) is 10.7. The summed E-state index contributed by atoms with van der Waals surface area (Å²) in [6, 6.07) is 4.05. The molecule has 3 nitrogen and oxygen atoms in total. The smallest absolute Gasteiger partial charge is 0.129 e. The molecule has 1 saturated heterocycles. The molecule has 1 aromatic carbocycles. The third-order valence-corrected chi connectivity index (χ3v) is 4.25. The number of benzene rings is 1. The summed E-state index contributed by atoms with van der Waals surface area (Å²) in [4.78, 5) is 2.34. The Balaban J connectivity index is 1.76. The molecule has 1 atom stereocenters. The average molecular weight is 313 g/mol. The van der Waals surface area contributed by atoms with E-state index >= 15 is 0 Å². The molecule has 2 rings (SSSR count). The molecule has 0 unspecified atom stereocenters. The van der Waals surface area contributed by atoms with Gasteiger partial charge in [0.15, 0.2) is 0 Å². The second-order valence-electron chi connectivity index (χ2n) is 5.88. The van der Waals surface area contributed by atoms with Crippen molar-refractivity contribution in [2.24, 2.45) is 5.92 Å². The topological polar surface area (TPSA) is 32.7 Å². The lowest BCUT2D eigenvalue weighted by atomic mass is 9.91. The minimum absolute atomic E-state index is 0.0524. The zero-order valence-electron chi connectivity index (χ0n) is 12.9. The molecular weight excluding hydrogens is 288 g/mol. The molecule has 1 aromatic rings. The highest BCUT2D eigenvalue weighted by atomic mass is 19.1. The van der Waals surface area contributed by atoms with Gasteiger partial charge in [0, 0.05) is 18.7 Å². The molecule has 1 aliphatic heterocycles. The average Bonchev–Trinajstić information content (AvgIpc) is 2.52. The monoisotopic (exact) mass is 313 g/mol. The molecule has 1 aliphatic rings. The summed E-state index contributed by atoms with van der Waals surface area (Å²) >= 11 is 0. The normalized spacial score (nSPS) is 19.5. The Morgan fingerprint density at radius 2 is 2.00 bits per heavy atom. The largest absolute Gasteiger partial charge is 0.394 e. The number of rotatable bonds is 8. The molecule has 0 aliphatic carbocycles. The van der Waals surface area contributed by atoms with Gasteiger partial charge in [-0.3, -0.25) is 0 Å². The molecule has 1 N–H and O–H groups in total. The highest BCUT2D eigenvalue weighted by Gasteiger charge is 2.20. The third kappa shape index (κ3) is 5.30. The van der Waals surface area contributed by atoms with Crippen molar-refractivity contribution in [3.05, 3.63) is 35.4 Å². The van der Waals surface area contributed by atoms with Gasteiger partial charge in [0.1, 0.15) is 11.6 Å². The van der Waals surface area contributed by atoms with Crippen LogP contribution in [0.4, 0.5) is 8.78 Å². The summed E-state index contributed by atoms with van der Waals surface area (Å²) in [7, 11) is 0. The van der Waals surface area contributed by atoms with Crippen molar-refractivity contribution in [3.63, 3.8) is 0 Å². The van der Waals surface area contributed by atoms with E-state index in [1.54, 1.807) is 0 Å². The molecule has 1 heterocycles. The van der Waals surface area contributed by atoms with E-state index in [4.69, 9.17) is 9.84 Å². The Bertz CT molecular complexity index is 436. The molecule has 5 heteroatoms. The first-order valence-electron chi connectivity index (χ1n) is 8.04. The van der Waals surface area contributed by atoms with Crippen LogP contribution in [0.1, 0.15) is 24.8 Å². The standard InChI is InChI=1S/C17H25F2NO2/c18-16-4-1-5-17(19)15(16)7-6-14-3-2-8-20(13-14)9-11-22-12-10-21/h1,4-5,14,21H,2-3,6-13H2/t14-/m1/s1. The number of hydrogen-bond acceptors (Lipinski definition) is 3. The quantitative estimate of drug-likeness (QED) is 0.749. The number of aliphatic hydroxyl groups is 1. The maximum absolute atomic E-state index is 13.6. The summed E-state index contributed by atoms with van der Waals surface area (Å²) < 4.78 is 32.6. The maximum Gasteiger partial charge on any atom is 0.129 e. The first kappa shape index (κ1) is 17.3. The highest BCUT2D eigenvalue weighted by molar-refractivity contribution is 5.19. The minimum atomic E-state index is -0.440. The van der Waals surface area contributed by atoms with Crippen molar-refractivity contribution >= 4 is 0 Å². The maximum atomic E-state index is 13.6. The fraction of sp³-hybridized carbons (Fsp3) is 0.647. The van der Waals surface area contributed by atoms with E-state index in [1.165, 1.54) is 18.2 Å². The summed E-state index contributed by atoms with van der Waals surface area (Å²) in [5.41, 5.74) is 0.214. The van der Waals surface area contributed by atoms with Crippen LogP contribution in [-0.4, -0.2) is 49.5 Å². The van der Waals surface area contributed by atoms with Gasteiger partial charge in [0.25, 0.3) is 0 Å². The molecule has 124 valence electrons. The van der Waals surface area contributed by atoms with Gasteiger partial charge in [-0.05, 0) is 50.3 Å². The zero-order valence-corrected chi connectivity index (χ0v) is 12.9. The van der Waals surface area contributed by atoms with Crippen LogP contribution in [-0.2, 0) is 11.2 Å². The van der Waals surface area contributed by atoms with Gasteiger partial charge in [0.2, 0.25) is 0 Å². The van der Waals surface area contributed by atoms with Crippen molar-refractivity contribution in [3.8, 4) is 0 Å². The second kappa shape index (κ2) is 9.18. The summed E-state index contributed by atoms with van der Waals surface area (Å²) in [5.74, 6) is -0.402. The number of nitrogens with zero attached hydrogens (tertiary/aromatic N) is 1. The van der Waals surface area contributed by atoms with Gasteiger partial charge < -0.3 is 14.7 Å². The minimum Gasteiger partial charge on any atom is -0.394 e. The number of halogens is 2. The van der Waals surface area contributed by atoms with Crippen LogP contribution in [0.2, 0.25) is 0 Å². The van der Waals surface area contributed by atoms with Crippen LogP contribution in [0, 0.1) is 17.6 Å². The number of hydrogen-bond donors (Lipinski definition) is 1. The van der Waals surface area contributed by atoms with E-state index < -0.39 is 11.6 Å². The first-order valence-corrected chi connectivity index (χ1v) is 8.04. The van der Waals surface area contributed by atoms with Gasteiger partial charge in [-0.1, -0.05) is 6.07 Å². The summed E-state index contributed by atoms with van der Waals surface area (Å²) in [5, 5.41) is 8.67. The Labute approximate surface area is 130 Å². The molecule has 1 fully saturated rings. The fourth-order valence-electron chi connectivity index (χ4n) is 3.07. The van der Waals surface area contributed by atoms with E-state index in [2.05, 4.69) is 4.90 Å². The van der Waals surface area contributed by atoms with Crippen molar-refractivity contribution in [2.45, 2.75) is 25.7 Å². The predicted molar refractivity (Wildman–Crippen MR) is 81.7 cm³/mol. The second-order valence-corrected chi connectivity index (χ2v) is 5.88. The van der Waals surface area contributed by atoms with Crippen LogP contribution in [0.3, 0.4) is 0 Å². The van der Waals surface area contributed by atoms with Crippen LogP contribution in [0.15, 0.2) is 18.2 Å². The number of likely N-dealkylation sites (tertiary alicyclic amines) is 1. The molecule has 0 aromatic heterocycles. The lowest BCUT2D eigenvalue weighted by Gasteiger charge is -2.32. The van der Waals surface area contributed by atoms with E-state index in [0.29, 0.717) is 25.6 Å². The molecule has 0 amide bonds. The van der Waals surface area contributed by atoms with E-state index in [9.17, 15) is 8.78 Å². The number of aliphatic hydroxyl groups excluding tert-OH is 1. The molecule has 0 bridgehead atoms. The lowest BCUT2D eigenvalue weighted by Crippen LogP contribution is -2.37. The van der Waals surface area contributed by atoms with Crippen molar-refractivity contribution in [2.75, 3.05) is 39.5 Å². The van der Waals surface area contributed by atoms with Crippen LogP contribution in [0.5, 0.6) is 0 Å². The van der Waals surface area contributed by atoms with Gasteiger partial charge in [-0.25, -0.2) is 8.78 Å². The van der Waals surface area contributed by atoms with Crippen molar-refractivity contribution in [1.29, 1.82) is 0 Å². The Morgan fingerprint density at radius 3 is 2.73 bits per heavy atom. The number of ether oxygens (including phenoxy) is 1. The molecule has 0 spiro atoms. The van der Waals surface area contributed by atoms with E-state index in [-0.39, 0.29) is 12.2 Å². The Morgan fingerprint density at radius 1 is 1.23 bits per heavy atom. The van der Waals surface area contributed by atoms with Gasteiger partial charge in [0.05, 0.1) is 19.8 Å². The number of piperidine rings is 1. The molecule has 0 saturated carbocycles. The third-order valence-electron chi connectivity index (χ3n) is 4.25. The van der Waals surface area contributed by atoms with Crippen molar-refractivity contribution < 1.29 is 18.6 Å². The fourth-order valence-corrected chi connectivity index (χ4v) is 3.07. The molecular formula is C17H25F2NO2. The van der Waals surface area contributed by atoms with Gasteiger partial charge in [-0.15, -0.1) is 0 Å². The molecule has 22 heavy (non-hydrogen) atoms. The Hall–Kier alpha value is -1.04. The van der Waals surface area contributed by atoms with E-state index in [0.717, 1.165) is 38.9 Å². The van der Waals surface area contributed by atoms with Crippen molar-refractivity contribution in [1.82, 2.24) is 4.90 Å². The van der Waals surface area contributed by atoms with Gasteiger partial charge >= 0.3 is 0 Å². The summed E-state index contributed by atoms with van der Waals surface area (Å²) in [6.07, 6.45) is 3.50. The van der Waals surface area contributed by atoms with Crippen LogP contribution >= 0.6 is 0 Å². The highest BCUT2D eigenvalue weighted by Crippen LogP contribution is 2.23. The Kier molecular flexibility index (Phi) is 7.22. The van der Waals surface area contributed by atoms with Crippen LogP contribution in [0.25, 0.3) is 0 Å². The van der Waals surface area contributed by atoms with Crippen LogP contribution < -0.4 is 0 Å². The predicted octanol–water partition coefficient (Wildman–Crippen LogP) is 2.62. The lowest BCUT2D eigenvalue weighted by molar-refractivity contribution is 0.0618.